The molecule has 0 aliphatic heterocycles. The molecule has 1 fully saturated rings. The predicted octanol–water partition coefficient (Wildman–Crippen LogP) is 4.34. The Balaban J connectivity index is 1.90. The van der Waals surface area contributed by atoms with Crippen LogP contribution in [0.15, 0.2) is 17.5 Å². The van der Waals surface area contributed by atoms with E-state index in [0.29, 0.717) is 17.9 Å². The summed E-state index contributed by atoms with van der Waals surface area (Å²) in [6.45, 7) is 10.9. The standard InChI is InChI=1S/C18H30N2O2S/c1-12(2)16(15-7-6-10-23-15)19-11-14(13-8-9-13)20-17(21)22-18(3,4)5/h6-7,10,12-14,16,19H,8-9,11H2,1-5H3,(H,20,21). The summed E-state index contributed by atoms with van der Waals surface area (Å²) in [6.07, 6.45) is 2.06. The molecule has 0 saturated heterocycles. The number of rotatable bonds is 7. The molecule has 1 aliphatic rings. The fourth-order valence-corrected chi connectivity index (χ4v) is 3.65. The van der Waals surface area contributed by atoms with Gasteiger partial charge in [0.1, 0.15) is 5.60 Å². The second-order valence-electron chi connectivity index (χ2n) is 7.74. The number of ether oxygens (including phenoxy) is 1. The van der Waals surface area contributed by atoms with E-state index in [-0.39, 0.29) is 12.1 Å². The lowest BCUT2D eigenvalue weighted by Crippen LogP contribution is -2.46. The molecular formula is C18H30N2O2S. The van der Waals surface area contributed by atoms with Crippen LogP contribution < -0.4 is 10.6 Å². The van der Waals surface area contributed by atoms with E-state index in [2.05, 4.69) is 42.0 Å². The molecule has 0 radical (unpaired) electrons. The first-order chi connectivity index (χ1) is 10.8. The first kappa shape index (κ1) is 18.3. The van der Waals surface area contributed by atoms with Crippen molar-refractivity contribution in [3.8, 4) is 0 Å². The minimum absolute atomic E-state index is 0.145. The van der Waals surface area contributed by atoms with Crippen LogP contribution >= 0.6 is 11.3 Å². The van der Waals surface area contributed by atoms with E-state index in [0.717, 1.165) is 6.54 Å². The van der Waals surface area contributed by atoms with Crippen molar-refractivity contribution in [3.63, 3.8) is 0 Å². The maximum atomic E-state index is 12.0. The highest BCUT2D eigenvalue weighted by atomic mass is 32.1. The summed E-state index contributed by atoms with van der Waals surface area (Å²) < 4.78 is 5.40. The van der Waals surface area contributed by atoms with Crippen molar-refractivity contribution in [2.24, 2.45) is 11.8 Å². The fraction of sp³-hybridized carbons (Fsp3) is 0.722. The summed E-state index contributed by atoms with van der Waals surface area (Å²) in [6, 6.07) is 4.74. The molecule has 4 nitrogen and oxygen atoms in total. The summed E-state index contributed by atoms with van der Waals surface area (Å²) in [7, 11) is 0. The molecule has 1 amide bonds. The molecule has 2 unspecified atom stereocenters. The van der Waals surface area contributed by atoms with Crippen LogP contribution in [-0.4, -0.2) is 24.3 Å². The Labute approximate surface area is 144 Å². The van der Waals surface area contributed by atoms with E-state index in [4.69, 9.17) is 4.74 Å². The SMILES string of the molecule is CC(C)C(NCC(NC(=O)OC(C)(C)C)C1CC1)c1cccs1. The van der Waals surface area contributed by atoms with Crippen molar-refractivity contribution in [2.45, 2.75) is 65.1 Å². The summed E-state index contributed by atoms with van der Waals surface area (Å²) in [5.74, 6) is 1.08. The van der Waals surface area contributed by atoms with Crippen LogP contribution in [0.2, 0.25) is 0 Å². The Morgan fingerprint density at radius 3 is 2.57 bits per heavy atom. The Morgan fingerprint density at radius 2 is 2.09 bits per heavy atom. The van der Waals surface area contributed by atoms with Gasteiger partial charge in [-0.15, -0.1) is 11.3 Å². The number of carbonyl (C=O) groups is 1. The van der Waals surface area contributed by atoms with Gasteiger partial charge < -0.3 is 15.4 Å². The predicted molar refractivity (Wildman–Crippen MR) is 95.8 cm³/mol. The second kappa shape index (κ2) is 7.67. The summed E-state index contributed by atoms with van der Waals surface area (Å²) in [5.41, 5.74) is -0.455. The number of hydrogen-bond donors (Lipinski definition) is 2. The van der Waals surface area contributed by atoms with Crippen molar-refractivity contribution in [1.29, 1.82) is 0 Å². The largest absolute Gasteiger partial charge is 0.444 e. The van der Waals surface area contributed by atoms with E-state index < -0.39 is 5.60 Å². The third-order valence-corrected chi connectivity index (χ3v) is 4.92. The van der Waals surface area contributed by atoms with E-state index in [9.17, 15) is 4.79 Å². The molecule has 1 aliphatic carbocycles. The molecule has 1 saturated carbocycles. The van der Waals surface area contributed by atoms with Gasteiger partial charge in [0.05, 0.1) is 0 Å². The molecule has 1 aromatic heterocycles. The highest BCUT2D eigenvalue weighted by molar-refractivity contribution is 7.10. The van der Waals surface area contributed by atoms with E-state index in [1.165, 1.54) is 17.7 Å². The van der Waals surface area contributed by atoms with Gasteiger partial charge in [0.2, 0.25) is 0 Å². The summed E-state index contributed by atoms with van der Waals surface area (Å²) >= 11 is 1.78. The number of alkyl carbamates (subject to hydrolysis) is 1. The van der Waals surface area contributed by atoms with Crippen LogP contribution in [0, 0.1) is 11.8 Å². The maximum absolute atomic E-state index is 12.0. The first-order valence-corrected chi connectivity index (χ1v) is 9.40. The van der Waals surface area contributed by atoms with Crippen molar-refractivity contribution in [2.75, 3.05) is 6.54 Å². The zero-order valence-corrected chi connectivity index (χ0v) is 15.7. The zero-order chi connectivity index (χ0) is 17.0. The van der Waals surface area contributed by atoms with Gasteiger partial charge in [0, 0.05) is 23.5 Å². The van der Waals surface area contributed by atoms with Crippen molar-refractivity contribution in [1.82, 2.24) is 10.6 Å². The van der Waals surface area contributed by atoms with Gasteiger partial charge >= 0.3 is 6.09 Å². The number of nitrogens with one attached hydrogen (secondary N) is 2. The van der Waals surface area contributed by atoms with Crippen molar-refractivity contribution >= 4 is 17.4 Å². The monoisotopic (exact) mass is 338 g/mol. The molecule has 2 rings (SSSR count). The third kappa shape index (κ3) is 6.15. The van der Waals surface area contributed by atoms with Gasteiger partial charge in [-0.2, -0.15) is 0 Å². The Kier molecular flexibility index (Phi) is 6.09. The van der Waals surface area contributed by atoms with E-state index in [1.54, 1.807) is 11.3 Å². The van der Waals surface area contributed by atoms with Crippen molar-refractivity contribution in [3.05, 3.63) is 22.4 Å². The quantitative estimate of drug-likeness (QED) is 0.777. The average molecular weight is 339 g/mol. The van der Waals surface area contributed by atoms with Crippen LogP contribution in [-0.2, 0) is 4.74 Å². The van der Waals surface area contributed by atoms with Crippen LogP contribution in [0.4, 0.5) is 4.79 Å². The van der Waals surface area contributed by atoms with Crippen LogP contribution in [0.5, 0.6) is 0 Å². The fourth-order valence-electron chi connectivity index (χ4n) is 2.68. The summed E-state index contributed by atoms with van der Waals surface area (Å²) in [4.78, 5) is 13.4. The van der Waals surface area contributed by atoms with Gasteiger partial charge in [-0.1, -0.05) is 19.9 Å². The third-order valence-electron chi connectivity index (χ3n) is 3.97. The van der Waals surface area contributed by atoms with Gasteiger partial charge in [0.15, 0.2) is 0 Å². The lowest BCUT2D eigenvalue weighted by molar-refractivity contribution is 0.0496. The number of hydrogen-bond acceptors (Lipinski definition) is 4. The molecular weight excluding hydrogens is 308 g/mol. The minimum Gasteiger partial charge on any atom is -0.444 e. The highest BCUT2D eigenvalue weighted by Crippen LogP contribution is 2.33. The topological polar surface area (TPSA) is 50.4 Å². The number of thiophene rings is 1. The smallest absolute Gasteiger partial charge is 0.407 e. The van der Waals surface area contributed by atoms with Gasteiger partial charge in [-0.05, 0) is 56.9 Å². The number of carbonyl (C=O) groups excluding carboxylic acids is 1. The Morgan fingerprint density at radius 1 is 1.39 bits per heavy atom. The molecule has 0 spiro atoms. The molecule has 0 bridgehead atoms. The molecule has 1 aromatic rings. The average Bonchev–Trinajstić information content (AvgIpc) is 3.12. The first-order valence-electron chi connectivity index (χ1n) is 8.52. The molecule has 1 heterocycles. The second-order valence-corrected chi connectivity index (χ2v) is 8.71. The molecule has 5 heteroatoms. The minimum atomic E-state index is -0.455. The maximum Gasteiger partial charge on any atom is 0.407 e. The molecule has 23 heavy (non-hydrogen) atoms. The van der Waals surface area contributed by atoms with Crippen LogP contribution in [0.25, 0.3) is 0 Å². The molecule has 130 valence electrons. The lowest BCUT2D eigenvalue weighted by atomic mass is 10.0. The van der Waals surface area contributed by atoms with Gasteiger partial charge in [0.25, 0.3) is 0 Å². The lowest BCUT2D eigenvalue weighted by Gasteiger charge is -2.27. The Hall–Kier alpha value is -1.07. The Bertz CT molecular complexity index is 490. The van der Waals surface area contributed by atoms with E-state index in [1.807, 2.05) is 20.8 Å². The number of amides is 1. The van der Waals surface area contributed by atoms with Crippen LogP contribution in [0.1, 0.15) is 58.4 Å². The van der Waals surface area contributed by atoms with E-state index >= 15 is 0 Å². The normalized spacial score (nSPS) is 17.8. The zero-order valence-electron chi connectivity index (χ0n) is 14.9. The molecule has 2 N–H and O–H groups in total. The molecule has 2 atom stereocenters. The van der Waals surface area contributed by atoms with Gasteiger partial charge in [-0.25, -0.2) is 4.79 Å². The highest BCUT2D eigenvalue weighted by Gasteiger charge is 2.34. The van der Waals surface area contributed by atoms with Crippen LogP contribution in [0.3, 0.4) is 0 Å². The van der Waals surface area contributed by atoms with Crippen molar-refractivity contribution < 1.29 is 9.53 Å². The molecule has 0 aromatic carbocycles. The van der Waals surface area contributed by atoms with Gasteiger partial charge in [-0.3, -0.25) is 0 Å². The summed E-state index contributed by atoms with van der Waals surface area (Å²) in [5, 5.41) is 8.82.